The van der Waals surface area contributed by atoms with E-state index in [2.05, 4.69) is 55.3 Å². The van der Waals surface area contributed by atoms with Gasteiger partial charge in [0.25, 0.3) is 0 Å². The number of benzene rings is 2. The van der Waals surface area contributed by atoms with Gasteiger partial charge in [0, 0.05) is 19.1 Å². The van der Waals surface area contributed by atoms with E-state index in [0.29, 0.717) is 6.54 Å². The van der Waals surface area contributed by atoms with Crippen molar-refractivity contribution in [2.75, 3.05) is 20.7 Å². The molecule has 21 heavy (non-hydrogen) atoms. The highest BCUT2D eigenvalue weighted by Crippen LogP contribution is 2.22. The molecule has 2 aromatic carbocycles. The number of nitrogens with zero attached hydrogens (tertiary/aromatic N) is 1. The zero-order valence-electron chi connectivity index (χ0n) is 13.0. The average molecular weight is 284 g/mol. The van der Waals surface area contributed by atoms with E-state index >= 15 is 0 Å². The molecule has 3 heteroatoms. The van der Waals surface area contributed by atoms with Gasteiger partial charge in [0.05, 0.1) is 7.11 Å². The molecule has 0 amide bonds. The van der Waals surface area contributed by atoms with Gasteiger partial charge in [-0.15, -0.1) is 0 Å². The number of nitrogens with two attached hydrogens (primary N) is 1. The van der Waals surface area contributed by atoms with E-state index in [4.69, 9.17) is 10.5 Å². The van der Waals surface area contributed by atoms with E-state index in [1.807, 2.05) is 12.1 Å². The molecule has 2 aromatic rings. The SMILES string of the molecule is COc1ccc(CN(C)C(CN)c2cccc(C)c2)cc1. The fourth-order valence-electron chi connectivity index (χ4n) is 2.58. The number of methoxy groups -OCH3 is 1. The summed E-state index contributed by atoms with van der Waals surface area (Å²) in [7, 11) is 3.80. The van der Waals surface area contributed by atoms with Crippen LogP contribution in [0.3, 0.4) is 0 Å². The smallest absolute Gasteiger partial charge is 0.118 e. The summed E-state index contributed by atoms with van der Waals surface area (Å²) in [6, 6.07) is 17.0. The average Bonchev–Trinajstić information content (AvgIpc) is 2.49. The number of rotatable bonds is 6. The first-order chi connectivity index (χ1) is 10.1. The molecule has 0 fully saturated rings. The van der Waals surface area contributed by atoms with Crippen molar-refractivity contribution in [3.8, 4) is 5.75 Å². The standard InChI is InChI=1S/C18H24N2O/c1-14-5-4-6-16(11-14)18(12-19)20(2)13-15-7-9-17(21-3)10-8-15/h4-11,18H,12-13,19H2,1-3H3. The summed E-state index contributed by atoms with van der Waals surface area (Å²) in [6.07, 6.45) is 0. The number of aryl methyl sites for hydroxylation is 1. The summed E-state index contributed by atoms with van der Waals surface area (Å²) in [5.41, 5.74) is 9.79. The molecule has 0 saturated carbocycles. The van der Waals surface area contributed by atoms with E-state index in [1.165, 1.54) is 16.7 Å². The Hall–Kier alpha value is -1.84. The molecule has 1 unspecified atom stereocenters. The molecule has 0 aliphatic heterocycles. The number of likely N-dealkylation sites (N-methyl/N-ethyl adjacent to an activating group) is 1. The Morgan fingerprint density at radius 1 is 1.14 bits per heavy atom. The highest BCUT2D eigenvalue weighted by molar-refractivity contribution is 5.28. The first kappa shape index (κ1) is 15.5. The Morgan fingerprint density at radius 3 is 2.43 bits per heavy atom. The van der Waals surface area contributed by atoms with Gasteiger partial charge in [0.15, 0.2) is 0 Å². The highest BCUT2D eigenvalue weighted by atomic mass is 16.5. The molecule has 0 spiro atoms. The quantitative estimate of drug-likeness (QED) is 0.885. The Morgan fingerprint density at radius 2 is 1.86 bits per heavy atom. The van der Waals surface area contributed by atoms with Gasteiger partial charge in [0.2, 0.25) is 0 Å². The second-order valence-corrected chi connectivity index (χ2v) is 5.43. The van der Waals surface area contributed by atoms with Crippen molar-refractivity contribution in [1.29, 1.82) is 0 Å². The van der Waals surface area contributed by atoms with Crippen molar-refractivity contribution >= 4 is 0 Å². The topological polar surface area (TPSA) is 38.5 Å². The lowest BCUT2D eigenvalue weighted by Gasteiger charge is -2.27. The second-order valence-electron chi connectivity index (χ2n) is 5.43. The third kappa shape index (κ3) is 4.06. The second kappa shape index (κ2) is 7.25. The maximum absolute atomic E-state index is 5.99. The zero-order valence-corrected chi connectivity index (χ0v) is 13.0. The summed E-state index contributed by atoms with van der Waals surface area (Å²) in [4.78, 5) is 2.29. The molecule has 0 aromatic heterocycles. The molecule has 1 atom stereocenters. The molecule has 2 rings (SSSR count). The minimum absolute atomic E-state index is 0.229. The molecule has 0 saturated heterocycles. The summed E-state index contributed by atoms with van der Waals surface area (Å²) in [6.45, 7) is 3.58. The summed E-state index contributed by atoms with van der Waals surface area (Å²) >= 11 is 0. The van der Waals surface area contributed by atoms with Gasteiger partial charge in [-0.2, -0.15) is 0 Å². The van der Waals surface area contributed by atoms with Crippen molar-refractivity contribution in [2.45, 2.75) is 19.5 Å². The van der Waals surface area contributed by atoms with Crippen molar-refractivity contribution in [2.24, 2.45) is 5.73 Å². The van der Waals surface area contributed by atoms with E-state index < -0.39 is 0 Å². The predicted molar refractivity (Wildman–Crippen MR) is 87.4 cm³/mol. The third-order valence-corrected chi connectivity index (χ3v) is 3.77. The van der Waals surface area contributed by atoms with Crippen LogP contribution in [-0.2, 0) is 6.54 Å². The molecule has 0 heterocycles. The largest absolute Gasteiger partial charge is 0.497 e. The van der Waals surface area contributed by atoms with Gasteiger partial charge in [0.1, 0.15) is 5.75 Å². The summed E-state index contributed by atoms with van der Waals surface area (Å²) in [5.74, 6) is 0.885. The molecular formula is C18H24N2O. The number of hydrogen-bond donors (Lipinski definition) is 1. The van der Waals surface area contributed by atoms with Gasteiger partial charge in [-0.1, -0.05) is 42.0 Å². The normalized spacial score (nSPS) is 12.4. The fraction of sp³-hybridized carbons (Fsp3) is 0.333. The van der Waals surface area contributed by atoms with Crippen molar-refractivity contribution in [3.05, 3.63) is 65.2 Å². The highest BCUT2D eigenvalue weighted by Gasteiger charge is 2.15. The zero-order chi connectivity index (χ0) is 15.2. The van der Waals surface area contributed by atoms with Gasteiger partial charge >= 0.3 is 0 Å². The molecule has 0 aliphatic rings. The van der Waals surface area contributed by atoms with Crippen LogP contribution in [0.15, 0.2) is 48.5 Å². The monoisotopic (exact) mass is 284 g/mol. The fourth-order valence-corrected chi connectivity index (χ4v) is 2.58. The number of hydrogen-bond acceptors (Lipinski definition) is 3. The van der Waals surface area contributed by atoms with Crippen LogP contribution in [0.4, 0.5) is 0 Å². The van der Waals surface area contributed by atoms with E-state index in [9.17, 15) is 0 Å². The Bertz CT molecular complexity index is 566. The lowest BCUT2D eigenvalue weighted by molar-refractivity contribution is 0.241. The minimum atomic E-state index is 0.229. The van der Waals surface area contributed by atoms with Crippen LogP contribution in [0.1, 0.15) is 22.7 Å². The first-order valence-corrected chi connectivity index (χ1v) is 7.24. The molecular weight excluding hydrogens is 260 g/mol. The first-order valence-electron chi connectivity index (χ1n) is 7.24. The van der Waals surface area contributed by atoms with Gasteiger partial charge < -0.3 is 10.5 Å². The molecule has 2 N–H and O–H groups in total. The molecule has 3 nitrogen and oxygen atoms in total. The van der Waals surface area contributed by atoms with E-state index in [-0.39, 0.29) is 6.04 Å². The van der Waals surface area contributed by atoms with Gasteiger partial charge in [-0.05, 0) is 37.2 Å². The number of ether oxygens (including phenoxy) is 1. The van der Waals surface area contributed by atoms with E-state index in [0.717, 1.165) is 12.3 Å². The van der Waals surface area contributed by atoms with Crippen molar-refractivity contribution < 1.29 is 4.74 Å². The van der Waals surface area contributed by atoms with Crippen LogP contribution >= 0.6 is 0 Å². The van der Waals surface area contributed by atoms with Crippen molar-refractivity contribution in [1.82, 2.24) is 4.90 Å². The summed E-state index contributed by atoms with van der Waals surface area (Å²) < 4.78 is 5.19. The van der Waals surface area contributed by atoms with Crippen LogP contribution < -0.4 is 10.5 Å². The van der Waals surface area contributed by atoms with Crippen LogP contribution in [0, 0.1) is 6.92 Å². The third-order valence-electron chi connectivity index (χ3n) is 3.77. The molecule has 112 valence electrons. The van der Waals surface area contributed by atoms with Crippen LogP contribution in [0.25, 0.3) is 0 Å². The minimum Gasteiger partial charge on any atom is -0.497 e. The Labute approximate surface area is 127 Å². The van der Waals surface area contributed by atoms with Gasteiger partial charge in [-0.25, -0.2) is 0 Å². The molecule has 0 bridgehead atoms. The molecule has 0 aliphatic carbocycles. The summed E-state index contributed by atoms with van der Waals surface area (Å²) in [5, 5.41) is 0. The van der Waals surface area contributed by atoms with Crippen molar-refractivity contribution in [3.63, 3.8) is 0 Å². The Kier molecular flexibility index (Phi) is 5.37. The predicted octanol–water partition coefficient (Wildman–Crippen LogP) is 3.14. The maximum atomic E-state index is 5.99. The van der Waals surface area contributed by atoms with E-state index in [1.54, 1.807) is 7.11 Å². The van der Waals surface area contributed by atoms with Crippen LogP contribution in [0.2, 0.25) is 0 Å². The lowest BCUT2D eigenvalue weighted by atomic mass is 10.0. The Balaban J connectivity index is 2.10. The van der Waals surface area contributed by atoms with Crippen LogP contribution in [-0.4, -0.2) is 25.6 Å². The van der Waals surface area contributed by atoms with Crippen LogP contribution in [0.5, 0.6) is 5.75 Å². The molecule has 0 radical (unpaired) electrons. The lowest BCUT2D eigenvalue weighted by Crippen LogP contribution is -2.30. The maximum Gasteiger partial charge on any atom is 0.118 e. The van der Waals surface area contributed by atoms with Gasteiger partial charge in [-0.3, -0.25) is 4.90 Å².